The monoisotopic (exact) mass is 1370 g/mol. The number of nitrogens with zero attached hydrogens (tertiary/aromatic N) is 9. The molecule has 6 aliphatic rings. The van der Waals surface area contributed by atoms with Gasteiger partial charge in [-0.1, -0.05) is 26.0 Å². The molecule has 12 N–H and O–H groups in total. The molecular weight excluding hydrogens is 1290 g/mol. The molecule has 31 heteroatoms. The van der Waals surface area contributed by atoms with Crippen molar-refractivity contribution in [1.29, 1.82) is 0 Å². The van der Waals surface area contributed by atoms with Crippen molar-refractivity contribution in [2.75, 3.05) is 69.7 Å². The minimum absolute atomic E-state index is 0.00552. The van der Waals surface area contributed by atoms with Crippen molar-refractivity contribution in [3.05, 3.63) is 115 Å². The number of carbonyl (C=O) groups excluding carboxylic acids is 6. The minimum Gasteiger partial charge on any atom is -0.491 e. The van der Waals surface area contributed by atoms with Crippen molar-refractivity contribution in [2.24, 2.45) is 33.4 Å². The summed E-state index contributed by atoms with van der Waals surface area (Å²) in [6.45, 7) is 13.6. The van der Waals surface area contributed by atoms with E-state index < -0.39 is 48.4 Å². The Morgan fingerprint density at radius 3 is 1.32 bits per heavy atom. The highest BCUT2D eigenvalue weighted by Gasteiger charge is 2.54. The molecule has 0 atom stereocenters. The Morgan fingerprint density at radius 1 is 0.582 bits per heavy atom. The first-order chi connectivity index (χ1) is 46.3. The first-order valence-electron chi connectivity index (χ1n) is 31.5. The largest absolute Gasteiger partial charge is 0.573 e. The maximum Gasteiger partial charge on any atom is 0.573 e. The number of likely N-dealkylation sites (tertiary alicyclic amines) is 3. The molecule has 3 aliphatic carbocycles. The van der Waals surface area contributed by atoms with Crippen molar-refractivity contribution in [3.8, 4) is 62.9 Å². The van der Waals surface area contributed by atoms with Gasteiger partial charge in [0.2, 0.25) is 11.8 Å². The number of primary amides is 3. The highest BCUT2D eigenvalue weighted by atomic mass is 19.4. The molecule has 6 fully saturated rings. The van der Waals surface area contributed by atoms with Crippen LogP contribution in [0.25, 0.3) is 33.8 Å². The zero-order chi connectivity index (χ0) is 71.0. The second-order valence-corrected chi connectivity index (χ2v) is 25.7. The molecule has 12 rings (SSSR count). The second-order valence-electron chi connectivity index (χ2n) is 25.7. The zero-order valence-electron chi connectivity index (χ0n) is 53.7. The number of amides is 6. The second kappa shape index (κ2) is 27.5. The lowest BCUT2D eigenvalue weighted by Crippen LogP contribution is -2.42. The van der Waals surface area contributed by atoms with Crippen molar-refractivity contribution >= 4 is 52.9 Å². The fourth-order valence-electron chi connectivity index (χ4n) is 14.3. The van der Waals surface area contributed by atoms with Crippen molar-refractivity contribution < 1.29 is 73.7 Å². The van der Waals surface area contributed by atoms with Crippen LogP contribution in [0.3, 0.4) is 0 Å². The number of rotatable bonds is 17. The fourth-order valence-corrected chi connectivity index (χ4v) is 14.3. The smallest absolute Gasteiger partial charge is 0.491 e. The molecule has 3 aromatic carbocycles. The number of hydrogen-bond acceptors (Lipinski definition) is 15. The molecule has 0 unspecified atom stereocenters. The molecule has 6 aromatic rings. The van der Waals surface area contributed by atoms with Gasteiger partial charge < -0.3 is 63.3 Å². The number of ether oxygens (including phenoxy) is 3. The fraction of sp³-hybridized carbons (Fsp3) is 0.418. The standard InChI is InChI=1S/C24H28FN5O3.C22H24F3N5O3.C21H22F3N5O3/c1-3-5-19(31)29-9-8-24(14-29)12-16(13-24)30-22(26)20(23(27)32)21(28-30)15-6-7-18(17(25)11-15)33-10-4-2;1-2-16(31)29-8-7-21(11-29)9-14(10-21)30-19(26)17(20(27)32)18(28-30)13-3-5-15(6-4-13)33-12-22(23,24)25;1-2-15(30)28-8-7-20(11-28)9-13(10-20)29-18(25)16(19(26)31)17(27-29)12-3-5-14(6-4-12)32-21(22,23)24/h6-7,11,16H,4,8-10,12-14,26H2,1-2H3,(H2,27,32);2-6,14H,1,7-12,26H2,(H2,27,32);2-6,13H,1,7-11,25H2,(H2,26,31). The van der Waals surface area contributed by atoms with E-state index in [1.807, 2.05) is 6.92 Å². The van der Waals surface area contributed by atoms with E-state index in [2.05, 4.69) is 45.0 Å². The average molecular weight is 1370 g/mol. The normalized spacial score (nSPS) is 22.1. The lowest BCUT2D eigenvalue weighted by Gasteiger charge is -2.45. The van der Waals surface area contributed by atoms with E-state index in [-0.39, 0.29) is 115 Å². The number of halogens is 7. The highest BCUT2D eigenvalue weighted by molar-refractivity contribution is 6.05. The predicted octanol–water partition coefficient (Wildman–Crippen LogP) is 8.52. The van der Waals surface area contributed by atoms with E-state index in [1.165, 1.54) is 60.7 Å². The Morgan fingerprint density at radius 2 is 0.959 bits per heavy atom. The van der Waals surface area contributed by atoms with E-state index in [1.54, 1.807) is 41.7 Å². The highest BCUT2D eigenvalue weighted by Crippen LogP contribution is 2.57. The van der Waals surface area contributed by atoms with Gasteiger partial charge in [-0.15, -0.1) is 13.2 Å². The Labute approximate surface area is 558 Å². The SMILES string of the molecule is C=CC(=O)N1CCC2(CC(n3nc(-c4ccc(OC(F)(F)F)cc4)c(C(N)=O)c3N)C2)C1.C=CC(=O)N1CCC2(CC(n3nc(-c4ccc(OCC(F)(F)F)cc4)c(C(N)=O)c3N)C2)C1.CC#CC(=O)N1CCC2(CC(n3nc(-c4ccc(OCCC)c(F)c4)c(C(N)=O)c3N)C2)C1. The van der Waals surface area contributed by atoms with Crippen LogP contribution in [0.5, 0.6) is 17.2 Å². The Kier molecular flexibility index (Phi) is 19.7. The lowest BCUT2D eigenvalue weighted by atomic mass is 9.65. The van der Waals surface area contributed by atoms with Gasteiger partial charge in [0, 0.05) is 56.0 Å². The number of alkyl halides is 6. The third kappa shape index (κ3) is 14.7. The van der Waals surface area contributed by atoms with Gasteiger partial charge in [-0.05, 0) is 172 Å². The van der Waals surface area contributed by atoms with E-state index >= 15 is 0 Å². The van der Waals surface area contributed by atoms with Gasteiger partial charge in [-0.2, -0.15) is 28.5 Å². The summed E-state index contributed by atoms with van der Waals surface area (Å²) in [7, 11) is 0. The molecule has 0 bridgehead atoms. The van der Waals surface area contributed by atoms with Crippen LogP contribution in [0, 0.1) is 33.9 Å². The molecule has 3 saturated carbocycles. The summed E-state index contributed by atoms with van der Waals surface area (Å²) >= 11 is 0. The zero-order valence-corrected chi connectivity index (χ0v) is 53.7. The predicted molar refractivity (Wildman–Crippen MR) is 345 cm³/mol. The topological polar surface area (TPSA) is 349 Å². The summed E-state index contributed by atoms with van der Waals surface area (Å²) in [6, 6.07) is 15.0. The van der Waals surface area contributed by atoms with Crippen LogP contribution in [-0.4, -0.2) is 145 Å². The molecule has 98 heavy (non-hydrogen) atoms. The van der Waals surface area contributed by atoms with Crippen LogP contribution in [0.1, 0.15) is 127 Å². The summed E-state index contributed by atoms with van der Waals surface area (Å²) in [5.74, 6) is 2.33. The van der Waals surface area contributed by atoms with Crippen LogP contribution >= 0.6 is 0 Å². The number of nitrogens with two attached hydrogens (primary N) is 6. The number of aromatic nitrogens is 6. The molecule has 3 aliphatic heterocycles. The van der Waals surface area contributed by atoms with Crippen molar-refractivity contribution in [2.45, 2.75) is 109 Å². The van der Waals surface area contributed by atoms with Gasteiger partial charge in [0.05, 0.1) is 24.7 Å². The lowest BCUT2D eigenvalue weighted by molar-refractivity contribution is -0.274. The average Bonchev–Trinajstić information content (AvgIpc) is 1.57. The Bertz CT molecular complexity index is 4150. The van der Waals surface area contributed by atoms with Gasteiger partial charge in [-0.3, -0.25) is 28.8 Å². The minimum atomic E-state index is -4.81. The number of carbonyl (C=O) groups is 6. The summed E-state index contributed by atoms with van der Waals surface area (Å²) in [6.07, 6.45) is 1.27. The summed E-state index contributed by atoms with van der Waals surface area (Å²) in [5.41, 5.74) is 37.5. The number of anilines is 3. The van der Waals surface area contributed by atoms with Crippen molar-refractivity contribution in [1.82, 2.24) is 44.0 Å². The molecular formula is C67H74F7N15O9. The van der Waals surface area contributed by atoms with E-state index in [0.29, 0.717) is 62.6 Å². The molecule has 3 spiro atoms. The maximum atomic E-state index is 14.5. The number of hydrogen-bond donors (Lipinski definition) is 6. The van der Waals surface area contributed by atoms with E-state index in [4.69, 9.17) is 43.9 Å². The van der Waals surface area contributed by atoms with Gasteiger partial charge in [0.1, 0.15) is 62.7 Å². The first kappa shape index (κ1) is 70.3. The molecule has 3 aromatic heterocycles. The number of nitrogen functional groups attached to an aromatic ring is 3. The first-order valence-corrected chi connectivity index (χ1v) is 31.5. The Balaban J connectivity index is 0.000000159. The quantitative estimate of drug-likeness (QED) is 0.0283. The third-order valence-electron chi connectivity index (χ3n) is 19.0. The van der Waals surface area contributed by atoms with Crippen LogP contribution in [-0.2, 0) is 14.4 Å². The van der Waals surface area contributed by atoms with Crippen molar-refractivity contribution in [3.63, 3.8) is 0 Å². The van der Waals surface area contributed by atoms with Gasteiger partial charge in [0.25, 0.3) is 23.6 Å². The third-order valence-corrected chi connectivity index (χ3v) is 19.0. The number of benzene rings is 3. The van der Waals surface area contributed by atoms with Gasteiger partial charge in [0.15, 0.2) is 18.2 Å². The van der Waals surface area contributed by atoms with Crippen LogP contribution in [0.2, 0.25) is 0 Å². The van der Waals surface area contributed by atoms with Crippen LogP contribution in [0.4, 0.5) is 48.2 Å². The molecule has 6 heterocycles. The summed E-state index contributed by atoms with van der Waals surface area (Å²) < 4.78 is 108. The van der Waals surface area contributed by atoms with Gasteiger partial charge in [-0.25, -0.2) is 18.4 Å². The maximum absolute atomic E-state index is 14.5. The van der Waals surface area contributed by atoms with E-state index in [0.717, 1.165) is 76.3 Å². The molecule has 6 amide bonds. The molecule has 3 saturated heterocycles. The van der Waals surface area contributed by atoms with Crippen LogP contribution < -0.4 is 48.6 Å². The molecule has 24 nitrogen and oxygen atoms in total. The molecule has 0 radical (unpaired) electrons. The summed E-state index contributed by atoms with van der Waals surface area (Å²) in [5, 5.41) is 13.6. The summed E-state index contributed by atoms with van der Waals surface area (Å²) in [4.78, 5) is 77.6. The van der Waals surface area contributed by atoms with E-state index in [9.17, 15) is 59.5 Å². The molecule has 520 valence electrons. The van der Waals surface area contributed by atoms with Gasteiger partial charge >= 0.3 is 12.5 Å². The van der Waals surface area contributed by atoms with Crippen LogP contribution in [0.15, 0.2) is 92.0 Å². The Hall–Kier alpha value is -10.5.